The quantitative estimate of drug-likeness (QED) is 0.378. The Bertz CT molecular complexity index is 1200. The minimum Gasteiger partial charge on any atom is -0.352 e. The molecule has 2 N–H and O–H groups in total. The molecule has 0 fully saturated rings. The average molecular weight is 490 g/mol. The maximum atomic E-state index is 12.8. The first-order valence-electron chi connectivity index (χ1n) is 11.9. The summed E-state index contributed by atoms with van der Waals surface area (Å²) in [6.07, 6.45) is 7.93. The summed E-state index contributed by atoms with van der Waals surface area (Å²) in [6, 6.07) is 16.1. The van der Waals surface area contributed by atoms with Crippen molar-refractivity contribution in [2.75, 3.05) is 0 Å². The smallest absolute Gasteiger partial charge is 0.253 e. The number of benzene rings is 2. The van der Waals surface area contributed by atoms with Gasteiger partial charge < -0.3 is 10.6 Å². The Morgan fingerprint density at radius 1 is 0.914 bits per heavy atom. The molecule has 1 heterocycles. The number of nitrogens with one attached hydrogen (secondary N) is 2. The van der Waals surface area contributed by atoms with Crippen LogP contribution in [0.25, 0.3) is 5.03 Å². The summed E-state index contributed by atoms with van der Waals surface area (Å²) in [5.41, 5.74) is 6.86. The Morgan fingerprint density at radius 2 is 1.60 bits per heavy atom. The van der Waals surface area contributed by atoms with E-state index in [1.54, 1.807) is 12.4 Å². The number of nitrogens with zero attached hydrogens (tertiary/aromatic N) is 1. The second-order valence-corrected chi connectivity index (χ2v) is 8.95. The average Bonchev–Trinajstić information content (AvgIpc) is 2.87. The molecule has 0 aliphatic carbocycles. The molecular weight excluding hydrogens is 458 g/mol. The van der Waals surface area contributed by atoms with Gasteiger partial charge in [-0.25, -0.2) is 0 Å². The zero-order valence-electron chi connectivity index (χ0n) is 20.5. The second kappa shape index (κ2) is 12.9. The molecule has 6 heteroatoms. The summed E-state index contributed by atoms with van der Waals surface area (Å²) in [5, 5.41) is 6.51. The molecule has 0 radical (unpaired) electrons. The summed E-state index contributed by atoms with van der Waals surface area (Å²) in [6.45, 7) is 6.49. The highest BCUT2D eigenvalue weighted by Crippen LogP contribution is 2.25. The normalized spacial score (nSPS) is 11.3. The molecule has 182 valence electrons. The minimum atomic E-state index is -0.165. The molecule has 0 aliphatic heterocycles. The summed E-state index contributed by atoms with van der Waals surface area (Å²) >= 11 is 6.43. The van der Waals surface area contributed by atoms with Crippen LogP contribution in [0.15, 0.2) is 67.0 Å². The van der Waals surface area contributed by atoms with E-state index in [-0.39, 0.29) is 11.8 Å². The number of rotatable bonds is 10. The molecule has 2 amide bonds. The molecule has 5 nitrogen and oxygen atoms in total. The number of amides is 2. The lowest BCUT2D eigenvalue weighted by Crippen LogP contribution is -2.23. The fourth-order valence-electron chi connectivity index (χ4n) is 3.83. The molecule has 0 unspecified atom stereocenters. The lowest BCUT2D eigenvalue weighted by molar-refractivity contribution is -0.119. The third kappa shape index (κ3) is 7.79. The number of aryl methyl sites for hydroxylation is 1. The summed E-state index contributed by atoms with van der Waals surface area (Å²) < 4.78 is 0. The van der Waals surface area contributed by atoms with Gasteiger partial charge in [-0.1, -0.05) is 67.4 Å². The van der Waals surface area contributed by atoms with E-state index < -0.39 is 0 Å². The SMILES string of the molecule is C/C=C(/Cl)c1cc(CNC(=O)c2cncc(Cc3ccc(CNC(C)=O)cc3)c2)ccc1CCC. The fraction of sp³-hybridized carbons (Fsp3) is 0.276. The lowest BCUT2D eigenvalue weighted by Gasteiger charge is -2.12. The van der Waals surface area contributed by atoms with Crippen LogP contribution < -0.4 is 10.6 Å². The number of hydrogen-bond donors (Lipinski definition) is 2. The van der Waals surface area contributed by atoms with Gasteiger partial charge in [-0.2, -0.15) is 0 Å². The largest absolute Gasteiger partial charge is 0.352 e. The topological polar surface area (TPSA) is 71.1 Å². The molecule has 0 saturated carbocycles. The molecule has 1 aromatic heterocycles. The van der Waals surface area contributed by atoms with Crippen molar-refractivity contribution < 1.29 is 9.59 Å². The van der Waals surface area contributed by atoms with Gasteiger partial charge in [-0.3, -0.25) is 14.6 Å². The van der Waals surface area contributed by atoms with Crippen molar-refractivity contribution in [2.45, 2.75) is 53.1 Å². The maximum absolute atomic E-state index is 12.8. The van der Waals surface area contributed by atoms with Crippen molar-refractivity contribution in [2.24, 2.45) is 0 Å². The fourth-order valence-corrected chi connectivity index (χ4v) is 4.00. The standard InChI is InChI=1S/C29H32ClN3O2/c1-4-6-25-12-11-23(15-27(25)28(30)5-2)18-33-29(35)26-14-24(16-31-19-26)13-21-7-9-22(10-8-21)17-32-20(3)34/h5,7-12,14-16,19H,4,6,13,17-18H2,1-3H3,(H,32,34)(H,33,35)/b28-5+. The van der Waals surface area contributed by atoms with Crippen molar-refractivity contribution in [3.05, 3.63) is 106 Å². The number of aromatic nitrogens is 1. The molecule has 0 saturated heterocycles. The number of hydrogen-bond acceptors (Lipinski definition) is 3. The van der Waals surface area contributed by atoms with E-state index in [1.807, 2.05) is 49.4 Å². The number of allylic oxidation sites excluding steroid dienone is 1. The Labute approximate surface area is 212 Å². The van der Waals surface area contributed by atoms with Crippen LogP contribution in [0.2, 0.25) is 0 Å². The van der Waals surface area contributed by atoms with Crippen molar-refractivity contribution in [1.29, 1.82) is 0 Å². The first-order valence-corrected chi connectivity index (χ1v) is 12.3. The van der Waals surface area contributed by atoms with E-state index in [4.69, 9.17) is 11.6 Å². The van der Waals surface area contributed by atoms with Gasteiger partial charge >= 0.3 is 0 Å². The summed E-state index contributed by atoms with van der Waals surface area (Å²) in [5.74, 6) is -0.216. The molecule has 0 aliphatic rings. The number of carbonyl (C=O) groups is 2. The van der Waals surface area contributed by atoms with Gasteiger partial charge in [0.15, 0.2) is 0 Å². The van der Waals surface area contributed by atoms with Gasteiger partial charge in [0.2, 0.25) is 5.91 Å². The highest BCUT2D eigenvalue weighted by molar-refractivity contribution is 6.48. The molecule has 3 aromatic rings. The zero-order chi connectivity index (χ0) is 25.2. The van der Waals surface area contributed by atoms with Crippen LogP contribution in [-0.2, 0) is 30.7 Å². The van der Waals surface area contributed by atoms with Gasteiger partial charge in [0, 0.05) is 37.4 Å². The molecule has 35 heavy (non-hydrogen) atoms. The van der Waals surface area contributed by atoms with Crippen LogP contribution in [0.5, 0.6) is 0 Å². The predicted molar refractivity (Wildman–Crippen MR) is 142 cm³/mol. The minimum absolute atomic E-state index is 0.0502. The van der Waals surface area contributed by atoms with Gasteiger partial charge in [0.05, 0.1) is 5.56 Å². The highest BCUT2D eigenvalue weighted by atomic mass is 35.5. The van der Waals surface area contributed by atoms with Gasteiger partial charge in [-0.05, 0) is 65.3 Å². The second-order valence-electron chi connectivity index (χ2n) is 8.55. The molecule has 0 atom stereocenters. The Hall–Kier alpha value is -3.44. The zero-order valence-corrected chi connectivity index (χ0v) is 21.3. The van der Waals surface area contributed by atoms with Crippen LogP contribution in [-0.4, -0.2) is 16.8 Å². The van der Waals surface area contributed by atoms with Crippen molar-refractivity contribution in [1.82, 2.24) is 15.6 Å². The predicted octanol–water partition coefficient (Wildman–Crippen LogP) is 5.79. The van der Waals surface area contributed by atoms with Crippen molar-refractivity contribution in [3.63, 3.8) is 0 Å². The van der Waals surface area contributed by atoms with E-state index in [2.05, 4.69) is 34.7 Å². The Kier molecular flexibility index (Phi) is 9.62. The summed E-state index contributed by atoms with van der Waals surface area (Å²) in [4.78, 5) is 28.2. The third-order valence-electron chi connectivity index (χ3n) is 5.69. The first kappa shape index (κ1) is 26.2. The maximum Gasteiger partial charge on any atom is 0.253 e. The number of carbonyl (C=O) groups excluding carboxylic acids is 2. The third-order valence-corrected chi connectivity index (χ3v) is 6.11. The van der Waals surface area contributed by atoms with Crippen LogP contribution in [0.4, 0.5) is 0 Å². The Balaban J connectivity index is 1.63. The molecular formula is C29H32ClN3O2. The highest BCUT2D eigenvalue weighted by Gasteiger charge is 2.10. The van der Waals surface area contributed by atoms with E-state index in [9.17, 15) is 9.59 Å². The van der Waals surface area contributed by atoms with Gasteiger partial charge in [0.25, 0.3) is 5.91 Å². The van der Waals surface area contributed by atoms with Gasteiger partial charge in [0.1, 0.15) is 0 Å². The van der Waals surface area contributed by atoms with E-state index >= 15 is 0 Å². The lowest BCUT2D eigenvalue weighted by atomic mass is 9.99. The van der Waals surface area contributed by atoms with Crippen LogP contribution >= 0.6 is 11.6 Å². The van der Waals surface area contributed by atoms with Crippen molar-refractivity contribution in [3.8, 4) is 0 Å². The van der Waals surface area contributed by atoms with Crippen LogP contribution in [0, 0.1) is 0 Å². The van der Waals surface area contributed by atoms with Crippen LogP contribution in [0.3, 0.4) is 0 Å². The van der Waals surface area contributed by atoms with Crippen LogP contribution in [0.1, 0.15) is 70.9 Å². The van der Waals surface area contributed by atoms with E-state index in [0.29, 0.717) is 25.1 Å². The van der Waals surface area contributed by atoms with E-state index in [1.165, 1.54) is 12.5 Å². The molecule has 0 bridgehead atoms. The Morgan fingerprint density at radius 3 is 2.29 bits per heavy atom. The number of pyridine rings is 1. The van der Waals surface area contributed by atoms with E-state index in [0.717, 1.165) is 45.7 Å². The molecule has 2 aromatic carbocycles. The monoisotopic (exact) mass is 489 g/mol. The summed E-state index contributed by atoms with van der Waals surface area (Å²) in [7, 11) is 0. The van der Waals surface area contributed by atoms with Gasteiger partial charge in [-0.15, -0.1) is 0 Å². The first-order chi connectivity index (χ1) is 16.9. The van der Waals surface area contributed by atoms with Crippen molar-refractivity contribution >= 4 is 28.4 Å². The molecule has 0 spiro atoms. The molecule has 3 rings (SSSR count). The number of halogens is 1.